The highest BCUT2D eigenvalue weighted by molar-refractivity contribution is 5.97. The molecule has 1 unspecified atom stereocenters. The standard InChI is InChI=1S/C16H16N2O3/c1-11-4-3-9-18(11,16(20)21)15(19)13-6-7-14-12(10-13)5-2-8-17-14/h2,5-8,10-11H,3-4,9H2,1H3/p+1/t11-,18?/m1/s1. The van der Waals surface area contributed by atoms with Crippen molar-refractivity contribution >= 4 is 22.9 Å². The van der Waals surface area contributed by atoms with Gasteiger partial charge in [0.2, 0.25) is 0 Å². The van der Waals surface area contributed by atoms with Crippen molar-refractivity contribution in [1.82, 2.24) is 4.98 Å². The second-order valence-electron chi connectivity index (χ2n) is 5.58. The van der Waals surface area contributed by atoms with Crippen molar-refractivity contribution in [2.24, 2.45) is 0 Å². The molecule has 21 heavy (non-hydrogen) atoms. The highest BCUT2D eigenvalue weighted by Crippen LogP contribution is 2.30. The molecule has 0 radical (unpaired) electrons. The van der Waals surface area contributed by atoms with Gasteiger partial charge in [0.1, 0.15) is 6.04 Å². The molecule has 5 nitrogen and oxygen atoms in total. The van der Waals surface area contributed by atoms with E-state index in [2.05, 4.69) is 4.98 Å². The summed E-state index contributed by atoms with van der Waals surface area (Å²) < 4.78 is -0.494. The number of imide groups is 1. The molecule has 0 aliphatic carbocycles. The zero-order valence-electron chi connectivity index (χ0n) is 11.8. The summed E-state index contributed by atoms with van der Waals surface area (Å²) in [6.07, 6.45) is 2.15. The molecule has 2 atom stereocenters. The number of carbonyl (C=O) groups excluding carboxylic acids is 1. The lowest BCUT2D eigenvalue weighted by Gasteiger charge is -2.29. The first-order chi connectivity index (χ1) is 10.1. The average molecular weight is 285 g/mol. The third-order valence-corrected chi connectivity index (χ3v) is 4.44. The lowest BCUT2D eigenvalue weighted by molar-refractivity contribution is -0.785. The number of benzene rings is 1. The number of fused-ring (bicyclic) bond motifs is 1. The monoisotopic (exact) mass is 285 g/mol. The molecule has 1 saturated heterocycles. The minimum atomic E-state index is -1.06. The fourth-order valence-corrected chi connectivity index (χ4v) is 3.19. The SMILES string of the molecule is C[C@@H]1CCC[N+]1(C(=O)O)C(=O)c1ccc2ncccc2c1. The zero-order valence-corrected chi connectivity index (χ0v) is 11.8. The Morgan fingerprint density at radius 1 is 1.33 bits per heavy atom. The molecular weight excluding hydrogens is 268 g/mol. The van der Waals surface area contributed by atoms with Crippen LogP contribution in [0.25, 0.3) is 10.9 Å². The molecule has 3 rings (SSSR count). The summed E-state index contributed by atoms with van der Waals surface area (Å²) in [7, 11) is 0. The minimum Gasteiger partial charge on any atom is -0.435 e. The molecule has 2 heterocycles. The second kappa shape index (κ2) is 4.93. The van der Waals surface area contributed by atoms with Gasteiger partial charge in [-0.15, -0.1) is 0 Å². The Kier molecular flexibility index (Phi) is 3.22. The van der Waals surface area contributed by atoms with Crippen LogP contribution in [-0.2, 0) is 0 Å². The van der Waals surface area contributed by atoms with E-state index >= 15 is 0 Å². The summed E-state index contributed by atoms with van der Waals surface area (Å²) in [5.41, 5.74) is 1.23. The summed E-state index contributed by atoms with van der Waals surface area (Å²) in [5.74, 6) is -0.335. The van der Waals surface area contributed by atoms with Crippen LogP contribution >= 0.6 is 0 Å². The molecule has 2 amide bonds. The Hall–Kier alpha value is -2.27. The Morgan fingerprint density at radius 2 is 2.14 bits per heavy atom. The summed E-state index contributed by atoms with van der Waals surface area (Å²) >= 11 is 0. The van der Waals surface area contributed by atoms with Gasteiger partial charge in [-0.2, -0.15) is 9.28 Å². The molecule has 1 aliphatic heterocycles. The summed E-state index contributed by atoms with van der Waals surface area (Å²) in [5, 5.41) is 10.5. The van der Waals surface area contributed by atoms with Crippen molar-refractivity contribution in [2.45, 2.75) is 25.8 Å². The van der Waals surface area contributed by atoms with Crippen LogP contribution in [0.5, 0.6) is 0 Å². The zero-order chi connectivity index (χ0) is 15.0. The number of carbonyl (C=O) groups is 2. The van der Waals surface area contributed by atoms with Gasteiger partial charge in [0.05, 0.1) is 17.6 Å². The van der Waals surface area contributed by atoms with Gasteiger partial charge in [0, 0.05) is 24.4 Å². The van der Waals surface area contributed by atoms with E-state index in [9.17, 15) is 14.7 Å². The second-order valence-corrected chi connectivity index (χ2v) is 5.58. The van der Waals surface area contributed by atoms with E-state index in [-0.39, 0.29) is 11.9 Å². The molecule has 0 bridgehead atoms. The van der Waals surface area contributed by atoms with Crippen LogP contribution in [0, 0.1) is 0 Å². The van der Waals surface area contributed by atoms with E-state index in [1.165, 1.54) is 0 Å². The van der Waals surface area contributed by atoms with Crippen LogP contribution in [0.1, 0.15) is 30.1 Å². The predicted molar refractivity (Wildman–Crippen MR) is 77.9 cm³/mol. The molecule has 1 N–H and O–H groups in total. The number of quaternary nitrogens is 1. The number of rotatable bonds is 1. The van der Waals surface area contributed by atoms with Crippen molar-refractivity contribution in [2.75, 3.05) is 6.54 Å². The predicted octanol–water partition coefficient (Wildman–Crippen LogP) is 3.05. The van der Waals surface area contributed by atoms with E-state index in [0.29, 0.717) is 12.1 Å². The van der Waals surface area contributed by atoms with Gasteiger partial charge in [-0.05, 0) is 31.2 Å². The maximum absolute atomic E-state index is 12.8. The van der Waals surface area contributed by atoms with E-state index in [1.807, 2.05) is 13.0 Å². The Balaban J connectivity index is 2.08. The van der Waals surface area contributed by atoms with Crippen LogP contribution in [0.3, 0.4) is 0 Å². The first-order valence-corrected chi connectivity index (χ1v) is 7.06. The number of hydrogen-bond acceptors (Lipinski definition) is 3. The number of likely N-dealkylation sites (tertiary alicyclic amines) is 1. The van der Waals surface area contributed by atoms with E-state index in [1.54, 1.807) is 30.5 Å². The van der Waals surface area contributed by atoms with Crippen molar-refractivity contribution in [1.29, 1.82) is 0 Å². The first-order valence-electron chi connectivity index (χ1n) is 7.06. The maximum atomic E-state index is 12.8. The quantitative estimate of drug-likeness (QED) is 0.818. The summed E-state index contributed by atoms with van der Waals surface area (Å²) in [4.78, 5) is 28.8. The fourth-order valence-electron chi connectivity index (χ4n) is 3.19. The molecule has 0 saturated carbocycles. The Labute approximate surface area is 122 Å². The van der Waals surface area contributed by atoms with Crippen molar-refractivity contribution in [3.63, 3.8) is 0 Å². The molecular formula is C16H17N2O3+. The van der Waals surface area contributed by atoms with Gasteiger partial charge in [-0.25, -0.2) is 4.79 Å². The Bertz CT molecular complexity index is 728. The van der Waals surface area contributed by atoms with Crippen LogP contribution in [0.4, 0.5) is 4.79 Å². The molecule has 1 aromatic carbocycles. The number of aromatic nitrogens is 1. The molecule has 5 heteroatoms. The molecule has 0 spiro atoms. The summed E-state index contributed by atoms with van der Waals surface area (Å²) in [6.45, 7) is 2.20. The van der Waals surface area contributed by atoms with Gasteiger partial charge < -0.3 is 5.11 Å². The van der Waals surface area contributed by atoms with Crippen molar-refractivity contribution < 1.29 is 19.2 Å². The molecule has 108 valence electrons. The van der Waals surface area contributed by atoms with Crippen LogP contribution < -0.4 is 0 Å². The number of hydrogen-bond donors (Lipinski definition) is 1. The van der Waals surface area contributed by atoms with Crippen molar-refractivity contribution in [3.8, 4) is 0 Å². The first kappa shape index (κ1) is 13.7. The topological polar surface area (TPSA) is 67.3 Å². The lowest BCUT2D eigenvalue weighted by atomic mass is 10.1. The maximum Gasteiger partial charge on any atom is 0.521 e. The highest BCUT2D eigenvalue weighted by Gasteiger charge is 2.53. The van der Waals surface area contributed by atoms with Gasteiger partial charge in [0.15, 0.2) is 0 Å². The van der Waals surface area contributed by atoms with Gasteiger partial charge in [-0.3, -0.25) is 4.98 Å². The van der Waals surface area contributed by atoms with Gasteiger partial charge in [-0.1, -0.05) is 6.07 Å². The van der Waals surface area contributed by atoms with E-state index in [0.717, 1.165) is 23.7 Å². The minimum absolute atomic E-state index is 0.195. The fraction of sp³-hybridized carbons (Fsp3) is 0.312. The third-order valence-electron chi connectivity index (χ3n) is 4.44. The number of amides is 2. The number of pyridine rings is 1. The number of carboxylic acid groups (broad SMARTS) is 1. The van der Waals surface area contributed by atoms with E-state index in [4.69, 9.17) is 0 Å². The van der Waals surface area contributed by atoms with Gasteiger partial charge in [0.25, 0.3) is 0 Å². The molecule has 2 aromatic rings. The highest BCUT2D eigenvalue weighted by atomic mass is 16.4. The molecule has 1 fully saturated rings. The smallest absolute Gasteiger partial charge is 0.435 e. The normalized spacial score (nSPS) is 25.1. The Morgan fingerprint density at radius 3 is 2.81 bits per heavy atom. The largest absolute Gasteiger partial charge is 0.521 e. The van der Waals surface area contributed by atoms with Crippen molar-refractivity contribution in [3.05, 3.63) is 42.1 Å². The van der Waals surface area contributed by atoms with Crippen LogP contribution in [-0.4, -0.2) is 39.2 Å². The van der Waals surface area contributed by atoms with E-state index < -0.39 is 10.6 Å². The third kappa shape index (κ3) is 2.01. The van der Waals surface area contributed by atoms with Crippen LogP contribution in [0.2, 0.25) is 0 Å². The van der Waals surface area contributed by atoms with Crippen LogP contribution in [0.15, 0.2) is 36.5 Å². The lowest BCUT2D eigenvalue weighted by Crippen LogP contribution is -2.58. The molecule has 1 aliphatic rings. The molecule has 1 aromatic heterocycles. The average Bonchev–Trinajstić information content (AvgIpc) is 2.88. The number of nitrogens with zero attached hydrogens (tertiary/aromatic N) is 2. The summed E-state index contributed by atoms with van der Waals surface area (Å²) in [6, 6.07) is 8.65. The van der Waals surface area contributed by atoms with Gasteiger partial charge >= 0.3 is 12.0 Å².